The lowest BCUT2D eigenvalue weighted by Crippen LogP contribution is -2.34. The fourth-order valence-corrected chi connectivity index (χ4v) is 2.91. The lowest BCUT2D eigenvalue weighted by Gasteiger charge is -2.28. The van der Waals surface area contributed by atoms with E-state index in [9.17, 15) is 8.78 Å². The van der Waals surface area contributed by atoms with Crippen LogP contribution in [0.3, 0.4) is 0 Å². The molecule has 2 N–H and O–H groups in total. The van der Waals surface area contributed by atoms with Crippen LogP contribution in [0.5, 0.6) is 0 Å². The Kier molecular flexibility index (Phi) is 5.20. The van der Waals surface area contributed by atoms with Crippen molar-refractivity contribution in [3.05, 3.63) is 42.2 Å². The van der Waals surface area contributed by atoms with Gasteiger partial charge in [-0.25, -0.2) is 18.7 Å². The number of nitrogens with zero attached hydrogens (tertiary/aromatic N) is 3. The van der Waals surface area contributed by atoms with E-state index < -0.39 is 11.6 Å². The lowest BCUT2D eigenvalue weighted by molar-refractivity contribution is 0.377. The monoisotopic (exact) mass is 333 g/mol. The second-order valence-corrected chi connectivity index (χ2v) is 6.06. The van der Waals surface area contributed by atoms with Crippen molar-refractivity contribution in [3.63, 3.8) is 0 Å². The third-order valence-corrected chi connectivity index (χ3v) is 4.25. The first-order valence-electron chi connectivity index (χ1n) is 8.08. The molecule has 0 amide bonds. The van der Waals surface area contributed by atoms with E-state index in [4.69, 9.17) is 0 Å². The van der Waals surface area contributed by atoms with E-state index in [-0.39, 0.29) is 5.69 Å². The van der Waals surface area contributed by atoms with E-state index in [2.05, 4.69) is 25.5 Å². The summed E-state index contributed by atoms with van der Waals surface area (Å²) in [5.41, 5.74) is -0.205. The van der Waals surface area contributed by atoms with Crippen LogP contribution >= 0.6 is 0 Å². The maximum Gasteiger partial charge on any atom is 0.149 e. The minimum absolute atomic E-state index is 0.205. The first-order chi connectivity index (χ1) is 11.6. The smallest absolute Gasteiger partial charge is 0.149 e. The van der Waals surface area contributed by atoms with Crippen molar-refractivity contribution in [1.29, 1.82) is 0 Å². The minimum Gasteiger partial charge on any atom is -0.359 e. The molecule has 1 aliphatic rings. The van der Waals surface area contributed by atoms with Crippen molar-refractivity contribution < 1.29 is 8.78 Å². The molecule has 0 spiro atoms. The summed E-state index contributed by atoms with van der Waals surface area (Å²) in [5, 5.41) is 6.05. The fourth-order valence-electron chi connectivity index (χ4n) is 2.91. The number of hydrogen-bond acceptors (Lipinski definition) is 5. The molecular weight excluding hydrogens is 312 g/mol. The van der Waals surface area contributed by atoms with Gasteiger partial charge in [-0.2, -0.15) is 0 Å². The van der Waals surface area contributed by atoms with E-state index in [0.29, 0.717) is 11.7 Å². The average molecular weight is 333 g/mol. The van der Waals surface area contributed by atoms with Gasteiger partial charge in [-0.15, -0.1) is 0 Å². The Labute approximate surface area is 140 Å². The number of para-hydroxylation sites is 1. The summed E-state index contributed by atoms with van der Waals surface area (Å²) in [6.45, 7) is 2.98. The van der Waals surface area contributed by atoms with Gasteiger partial charge in [0.25, 0.3) is 0 Å². The molecule has 1 aromatic carbocycles. The standard InChI is InChI=1S/C17H21F2N5/c1-24(10-12-5-7-20-8-6-12)16-9-15(21-11-22-16)23-17-13(18)3-2-4-14(17)19/h2-4,9,11-12,20H,5-8,10H2,1H3,(H,21,22,23). The quantitative estimate of drug-likeness (QED) is 0.881. The summed E-state index contributed by atoms with van der Waals surface area (Å²) in [5.74, 6) is 0.395. The van der Waals surface area contributed by atoms with E-state index in [0.717, 1.165) is 38.3 Å². The zero-order valence-electron chi connectivity index (χ0n) is 13.6. The minimum atomic E-state index is -0.654. The first kappa shape index (κ1) is 16.6. The Morgan fingerprint density at radius 1 is 1.21 bits per heavy atom. The van der Waals surface area contributed by atoms with Crippen molar-refractivity contribution in [2.24, 2.45) is 5.92 Å². The Balaban J connectivity index is 1.71. The van der Waals surface area contributed by atoms with Gasteiger partial charge in [-0.05, 0) is 44.0 Å². The summed E-state index contributed by atoms with van der Waals surface area (Å²) >= 11 is 0. The number of anilines is 3. The highest BCUT2D eigenvalue weighted by Gasteiger charge is 2.16. The summed E-state index contributed by atoms with van der Waals surface area (Å²) in [7, 11) is 1.97. The van der Waals surface area contributed by atoms with E-state index in [1.54, 1.807) is 6.07 Å². The number of aromatic nitrogens is 2. The first-order valence-corrected chi connectivity index (χ1v) is 8.08. The van der Waals surface area contributed by atoms with Crippen LogP contribution in [0, 0.1) is 17.6 Å². The SMILES string of the molecule is CN(CC1CCNCC1)c1cc(Nc2c(F)cccc2F)ncn1. The van der Waals surface area contributed by atoms with Gasteiger partial charge in [0.1, 0.15) is 35.3 Å². The number of nitrogens with one attached hydrogen (secondary N) is 2. The van der Waals surface area contributed by atoms with Crippen LogP contribution in [0.1, 0.15) is 12.8 Å². The molecule has 24 heavy (non-hydrogen) atoms. The third kappa shape index (κ3) is 3.97. The van der Waals surface area contributed by atoms with Crippen LogP contribution in [0.25, 0.3) is 0 Å². The van der Waals surface area contributed by atoms with Gasteiger partial charge in [0.05, 0.1) is 0 Å². The maximum absolute atomic E-state index is 13.7. The molecule has 0 radical (unpaired) electrons. The van der Waals surface area contributed by atoms with Gasteiger partial charge >= 0.3 is 0 Å². The molecule has 0 unspecified atom stereocenters. The van der Waals surface area contributed by atoms with Gasteiger partial charge in [-0.3, -0.25) is 0 Å². The van der Waals surface area contributed by atoms with Gasteiger partial charge in [-0.1, -0.05) is 6.07 Å². The molecule has 0 atom stereocenters. The highest BCUT2D eigenvalue weighted by molar-refractivity contribution is 5.60. The van der Waals surface area contributed by atoms with Crippen LogP contribution < -0.4 is 15.5 Å². The fraction of sp³-hybridized carbons (Fsp3) is 0.412. The number of piperidine rings is 1. The molecular formula is C17H21F2N5. The topological polar surface area (TPSA) is 53.1 Å². The molecule has 7 heteroatoms. The van der Waals surface area contributed by atoms with Gasteiger partial charge in [0.2, 0.25) is 0 Å². The highest BCUT2D eigenvalue weighted by Crippen LogP contribution is 2.24. The van der Waals surface area contributed by atoms with Crippen LogP contribution in [0.15, 0.2) is 30.6 Å². The highest BCUT2D eigenvalue weighted by atomic mass is 19.1. The van der Waals surface area contributed by atoms with E-state index in [1.165, 1.54) is 24.5 Å². The van der Waals surface area contributed by atoms with E-state index >= 15 is 0 Å². The predicted octanol–water partition coefficient (Wildman–Crippen LogP) is 2.93. The molecule has 1 aliphatic heterocycles. The Morgan fingerprint density at radius 3 is 2.62 bits per heavy atom. The van der Waals surface area contributed by atoms with Crippen molar-refractivity contribution in [3.8, 4) is 0 Å². The molecule has 1 aromatic heterocycles. The molecule has 0 aliphatic carbocycles. The molecule has 1 fully saturated rings. The van der Waals surface area contributed by atoms with Crippen molar-refractivity contribution in [2.75, 3.05) is 36.9 Å². The predicted molar refractivity (Wildman–Crippen MR) is 90.5 cm³/mol. The third-order valence-electron chi connectivity index (χ3n) is 4.25. The molecule has 1 saturated heterocycles. The Hall–Kier alpha value is -2.28. The second kappa shape index (κ2) is 7.53. The van der Waals surface area contributed by atoms with Crippen molar-refractivity contribution in [2.45, 2.75) is 12.8 Å². The van der Waals surface area contributed by atoms with Gasteiger partial charge < -0.3 is 15.5 Å². The zero-order chi connectivity index (χ0) is 16.9. The number of hydrogen-bond donors (Lipinski definition) is 2. The number of halogens is 2. The molecule has 5 nitrogen and oxygen atoms in total. The summed E-state index contributed by atoms with van der Waals surface area (Å²) in [4.78, 5) is 10.4. The second-order valence-electron chi connectivity index (χ2n) is 6.06. The zero-order valence-corrected chi connectivity index (χ0v) is 13.6. The Bertz CT molecular complexity index is 668. The molecule has 128 valence electrons. The van der Waals surface area contributed by atoms with Gasteiger partial charge in [0.15, 0.2) is 0 Å². The number of rotatable bonds is 5. The molecule has 2 aromatic rings. The molecule has 0 bridgehead atoms. The average Bonchev–Trinajstić information content (AvgIpc) is 2.59. The normalized spacial score (nSPS) is 15.3. The summed E-state index contributed by atoms with van der Waals surface area (Å²) < 4.78 is 27.5. The number of benzene rings is 1. The largest absolute Gasteiger partial charge is 0.359 e. The van der Waals surface area contributed by atoms with Crippen LogP contribution in [0.4, 0.5) is 26.1 Å². The maximum atomic E-state index is 13.7. The van der Waals surface area contributed by atoms with Crippen molar-refractivity contribution >= 4 is 17.3 Å². The Morgan fingerprint density at radius 2 is 1.92 bits per heavy atom. The van der Waals surface area contributed by atoms with E-state index in [1.807, 2.05) is 7.05 Å². The summed E-state index contributed by atoms with van der Waals surface area (Å²) in [6.07, 6.45) is 3.68. The van der Waals surface area contributed by atoms with Gasteiger partial charge in [0, 0.05) is 19.7 Å². The van der Waals surface area contributed by atoms with Crippen LogP contribution in [-0.4, -0.2) is 36.6 Å². The molecule has 0 saturated carbocycles. The lowest BCUT2D eigenvalue weighted by atomic mass is 9.98. The van der Waals surface area contributed by atoms with Crippen molar-refractivity contribution in [1.82, 2.24) is 15.3 Å². The summed E-state index contributed by atoms with van der Waals surface area (Å²) in [6, 6.07) is 5.44. The van der Waals surface area contributed by atoms with Crippen LogP contribution in [-0.2, 0) is 0 Å². The molecule has 3 rings (SSSR count). The van der Waals surface area contributed by atoms with Crippen LogP contribution in [0.2, 0.25) is 0 Å². The molecule has 2 heterocycles.